The van der Waals surface area contributed by atoms with Gasteiger partial charge in [0, 0.05) is 25.3 Å². The van der Waals surface area contributed by atoms with E-state index in [2.05, 4.69) is 10.1 Å². The first kappa shape index (κ1) is 15.6. The molecule has 1 aromatic rings. The van der Waals surface area contributed by atoms with E-state index in [0.29, 0.717) is 12.1 Å². The molecular weight excluding hydrogens is 249 g/mol. The lowest BCUT2D eigenvalue weighted by molar-refractivity contribution is -0.148. The average molecular weight is 269 g/mol. The molecule has 1 N–H and O–H groups in total. The zero-order valence-corrected chi connectivity index (χ0v) is 11.3. The van der Waals surface area contributed by atoms with Gasteiger partial charge in [-0.1, -0.05) is 25.1 Å². The number of nitrogens with one attached hydrogen (secondary N) is 1. The van der Waals surface area contributed by atoms with Gasteiger partial charge in [-0.3, -0.25) is 0 Å². The van der Waals surface area contributed by atoms with E-state index in [1.165, 1.54) is 13.2 Å². The van der Waals surface area contributed by atoms with E-state index in [-0.39, 0.29) is 25.1 Å². The van der Waals surface area contributed by atoms with Gasteiger partial charge in [0.15, 0.2) is 0 Å². The van der Waals surface area contributed by atoms with Crippen molar-refractivity contribution in [2.45, 2.75) is 25.9 Å². The van der Waals surface area contributed by atoms with Crippen LogP contribution in [0.15, 0.2) is 24.3 Å². The van der Waals surface area contributed by atoms with Crippen molar-refractivity contribution in [2.75, 3.05) is 20.3 Å². The summed E-state index contributed by atoms with van der Waals surface area (Å²) in [4.78, 5) is 11.2. The number of halogens is 1. The van der Waals surface area contributed by atoms with Gasteiger partial charge in [0.1, 0.15) is 19.0 Å². The van der Waals surface area contributed by atoms with Crippen LogP contribution in [0.25, 0.3) is 0 Å². The second-order valence-electron chi connectivity index (χ2n) is 4.19. The van der Waals surface area contributed by atoms with Crippen LogP contribution in [0, 0.1) is 5.82 Å². The van der Waals surface area contributed by atoms with Crippen molar-refractivity contribution in [3.05, 3.63) is 35.6 Å². The normalized spacial score (nSPS) is 12.2. The molecule has 1 rings (SSSR count). The Bertz CT molecular complexity index is 398. The second kappa shape index (κ2) is 8.61. The summed E-state index contributed by atoms with van der Waals surface area (Å²) in [5.74, 6) is -0.630. The fraction of sp³-hybridized carbons (Fsp3) is 0.500. The number of carbonyl (C=O) groups is 1. The lowest BCUT2D eigenvalue weighted by Crippen LogP contribution is -2.34. The van der Waals surface area contributed by atoms with Crippen LogP contribution in [0.2, 0.25) is 0 Å². The Balaban J connectivity index is 2.36. The number of methoxy groups -OCH3 is 1. The molecule has 1 unspecified atom stereocenters. The molecule has 0 aliphatic rings. The van der Waals surface area contributed by atoms with Crippen molar-refractivity contribution in [3.8, 4) is 0 Å². The minimum atomic E-state index is -0.395. The molecular formula is C14H20FNO3. The van der Waals surface area contributed by atoms with Crippen LogP contribution in [-0.2, 0) is 20.8 Å². The molecule has 0 aliphatic carbocycles. The van der Waals surface area contributed by atoms with E-state index >= 15 is 0 Å². The van der Waals surface area contributed by atoms with E-state index in [1.54, 1.807) is 18.2 Å². The molecule has 0 fully saturated rings. The van der Waals surface area contributed by atoms with Gasteiger partial charge in [0.2, 0.25) is 0 Å². The molecule has 19 heavy (non-hydrogen) atoms. The second-order valence-corrected chi connectivity index (χ2v) is 4.19. The molecule has 1 aromatic carbocycles. The lowest BCUT2D eigenvalue weighted by Gasteiger charge is -2.17. The molecule has 106 valence electrons. The number of hydrogen-bond acceptors (Lipinski definition) is 4. The summed E-state index contributed by atoms with van der Waals surface area (Å²) in [6, 6.07) is 6.60. The number of benzene rings is 1. The fourth-order valence-electron chi connectivity index (χ4n) is 1.57. The Morgan fingerprint density at radius 2 is 2.16 bits per heavy atom. The number of hydrogen-bond donors (Lipinski definition) is 1. The quantitative estimate of drug-likeness (QED) is 0.732. The number of ether oxygens (including phenoxy) is 2. The maximum atomic E-state index is 13.4. The molecule has 0 aromatic heterocycles. The van der Waals surface area contributed by atoms with Crippen LogP contribution in [0.5, 0.6) is 0 Å². The van der Waals surface area contributed by atoms with Crippen LogP contribution in [0.4, 0.5) is 4.39 Å². The van der Waals surface area contributed by atoms with Crippen LogP contribution in [-0.4, -0.2) is 32.3 Å². The van der Waals surface area contributed by atoms with Crippen molar-refractivity contribution in [2.24, 2.45) is 0 Å². The Kier molecular flexibility index (Phi) is 7.07. The summed E-state index contributed by atoms with van der Waals surface area (Å²) >= 11 is 0. The first-order chi connectivity index (χ1) is 9.17. The van der Waals surface area contributed by atoms with Gasteiger partial charge in [0.25, 0.3) is 0 Å². The standard InChI is InChI=1S/C14H20FNO3/c1-3-12(9-19-14(17)10-18-2)16-8-11-6-4-5-7-13(11)15/h4-7,12,16H,3,8-10H2,1-2H3. The number of carbonyl (C=O) groups excluding carboxylic acids is 1. The third-order valence-electron chi connectivity index (χ3n) is 2.74. The first-order valence-electron chi connectivity index (χ1n) is 6.28. The van der Waals surface area contributed by atoms with Gasteiger partial charge in [0.05, 0.1) is 0 Å². The smallest absolute Gasteiger partial charge is 0.332 e. The molecule has 5 heteroatoms. The predicted molar refractivity (Wildman–Crippen MR) is 70.2 cm³/mol. The monoisotopic (exact) mass is 269 g/mol. The third kappa shape index (κ3) is 5.81. The summed E-state index contributed by atoms with van der Waals surface area (Å²) in [6.45, 7) is 2.59. The van der Waals surface area contributed by atoms with E-state index in [9.17, 15) is 9.18 Å². The Hall–Kier alpha value is -1.46. The molecule has 0 aliphatic heterocycles. The highest BCUT2D eigenvalue weighted by Crippen LogP contribution is 2.06. The summed E-state index contributed by atoms with van der Waals surface area (Å²) in [5.41, 5.74) is 0.601. The topological polar surface area (TPSA) is 47.6 Å². The highest BCUT2D eigenvalue weighted by Gasteiger charge is 2.10. The van der Waals surface area contributed by atoms with Gasteiger partial charge in [-0.2, -0.15) is 0 Å². The van der Waals surface area contributed by atoms with Crippen molar-refractivity contribution < 1.29 is 18.7 Å². The van der Waals surface area contributed by atoms with Gasteiger partial charge in [-0.05, 0) is 12.5 Å². The minimum Gasteiger partial charge on any atom is -0.462 e. The van der Waals surface area contributed by atoms with Gasteiger partial charge in [-0.25, -0.2) is 9.18 Å². The van der Waals surface area contributed by atoms with Gasteiger partial charge < -0.3 is 14.8 Å². The van der Waals surface area contributed by atoms with E-state index in [0.717, 1.165) is 6.42 Å². The summed E-state index contributed by atoms with van der Waals surface area (Å²) in [7, 11) is 1.44. The maximum Gasteiger partial charge on any atom is 0.332 e. The Morgan fingerprint density at radius 3 is 2.79 bits per heavy atom. The minimum absolute atomic E-state index is 0.000382. The van der Waals surface area contributed by atoms with Gasteiger partial charge >= 0.3 is 5.97 Å². The maximum absolute atomic E-state index is 13.4. The summed E-state index contributed by atoms with van der Waals surface area (Å²) < 4.78 is 23.1. The van der Waals surface area contributed by atoms with Crippen molar-refractivity contribution in [1.82, 2.24) is 5.32 Å². The van der Waals surface area contributed by atoms with Crippen molar-refractivity contribution in [3.63, 3.8) is 0 Å². The SMILES string of the molecule is CCC(COC(=O)COC)NCc1ccccc1F. The highest BCUT2D eigenvalue weighted by molar-refractivity contribution is 5.70. The van der Waals surface area contributed by atoms with Crippen LogP contribution >= 0.6 is 0 Å². The lowest BCUT2D eigenvalue weighted by atomic mass is 10.2. The van der Waals surface area contributed by atoms with Crippen LogP contribution in [0.1, 0.15) is 18.9 Å². The largest absolute Gasteiger partial charge is 0.462 e. The van der Waals surface area contributed by atoms with Crippen LogP contribution < -0.4 is 5.32 Å². The molecule has 4 nitrogen and oxygen atoms in total. The predicted octanol–water partition coefficient (Wildman–Crippen LogP) is 1.88. The number of esters is 1. The zero-order valence-electron chi connectivity index (χ0n) is 11.3. The number of rotatable bonds is 8. The third-order valence-corrected chi connectivity index (χ3v) is 2.74. The summed E-state index contributed by atoms with van der Waals surface area (Å²) in [5, 5.41) is 3.17. The molecule has 1 atom stereocenters. The molecule has 0 bridgehead atoms. The highest BCUT2D eigenvalue weighted by atomic mass is 19.1. The molecule has 0 radical (unpaired) electrons. The average Bonchev–Trinajstić information content (AvgIpc) is 2.41. The van der Waals surface area contributed by atoms with E-state index in [1.807, 2.05) is 6.92 Å². The Morgan fingerprint density at radius 1 is 1.42 bits per heavy atom. The fourth-order valence-corrected chi connectivity index (χ4v) is 1.57. The molecule has 0 saturated carbocycles. The molecule has 0 saturated heterocycles. The van der Waals surface area contributed by atoms with Gasteiger partial charge in [-0.15, -0.1) is 0 Å². The molecule has 0 amide bonds. The van der Waals surface area contributed by atoms with E-state index in [4.69, 9.17) is 4.74 Å². The first-order valence-corrected chi connectivity index (χ1v) is 6.28. The van der Waals surface area contributed by atoms with Crippen molar-refractivity contribution in [1.29, 1.82) is 0 Å². The summed E-state index contributed by atoms with van der Waals surface area (Å²) in [6.07, 6.45) is 0.786. The zero-order chi connectivity index (χ0) is 14.1. The molecule has 0 spiro atoms. The Labute approximate surface area is 112 Å². The van der Waals surface area contributed by atoms with Crippen molar-refractivity contribution >= 4 is 5.97 Å². The van der Waals surface area contributed by atoms with Crippen LogP contribution in [0.3, 0.4) is 0 Å². The van der Waals surface area contributed by atoms with E-state index < -0.39 is 5.97 Å². The molecule has 0 heterocycles.